The van der Waals surface area contributed by atoms with Crippen LogP contribution in [0, 0.1) is 13.8 Å². The normalized spacial score (nSPS) is 17.2. The average Bonchev–Trinajstić information content (AvgIpc) is 2.78. The molecule has 0 spiro atoms. The monoisotopic (exact) mass is 317 g/mol. The number of benzene rings is 1. The zero-order valence-electron chi connectivity index (χ0n) is 14.3. The maximum Gasteiger partial charge on any atom is 0.325 e. The summed E-state index contributed by atoms with van der Waals surface area (Å²) in [5.74, 6) is -0.242. The van der Waals surface area contributed by atoms with E-state index in [-0.39, 0.29) is 11.9 Å². The Morgan fingerprint density at radius 2 is 1.74 bits per heavy atom. The number of hydrogen-bond acceptors (Lipinski definition) is 3. The molecule has 1 aromatic rings. The summed E-state index contributed by atoms with van der Waals surface area (Å²) in [6.07, 6.45) is 4.68. The quantitative estimate of drug-likeness (QED) is 0.900. The minimum Gasteiger partial charge on any atom is -0.307 e. The third-order valence-electron chi connectivity index (χ3n) is 4.43. The van der Waals surface area contributed by atoms with Crippen LogP contribution < -0.4 is 10.6 Å². The molecule has 2 N–H and O–H groups in total. The minimum absolute atomic E-state index is 0.242. The molecule has 1 aromatic carbocycles. The van der Waals surface area contributed by atoms with Gasteiger partial charge in [-0.05, 0) is 58.3 Å². The van der Waals surface area contributed by atoms with Crippen molar-refractivity contribution in [2.24, 2.45) is 0 Å². The smallest absolute Gasteiger partial charge is 0.307 e. The fourth-order valence-corrected chi connectivity index (χ4v) is 2.97. The van der Waals surface area contributed by atoms with E-state index in [9.17, 15) is 9.59 Å². The van der Waals surface area contributed by atoms with E-state index >= 15 is 0 Å². The van der Waals surface area contributed by atoms with Crippen LogP contribution in [0.4, 0.5) is 10.5 Å². The molecule has 2 rings (SSSR count). The third kappa shape index (κ3) is 5.06. The van der Waals surface area contributed by atoms with Crippen molar-refractivity contribution in [1.82, 2.24) is 10.2 Å². The molecule has 1 atom stereocenters. The molecule has 1 aliphatic heterocycles. The molecule has 0 aromatic heterocycles. The number of anilines is 1. The number of carbonyl (C=O) groups excluding carboxylic acids is 2. The summed E-state index contributed by atoms with van der Waals surface area (Å²) in [5.41, 5.74) is 2.84. The molecule has 5 heteroatoms. The summed E-state index contributed by atoms with van der Waals surface area (Å²) < 4.78 is 0. The van der Waals surface area contributed by atoms with Crippen LogP contribution in [0.25, 0.3) is 0 Å². The molecule has 1 heterocycles. The van der Waals surface area contributed by atoms with Crippen LogP contribution in [0.15, 0.2) is 18.2 Å². The highest BCUT2D eigenvalue weighted by Gasteiger charge is 2.23. The van der Waals surface area contributed by atoms with Crippen LogP contribution in [-0.2, 0) is 4.79 Å². The van der Waals surface area contributed by atoms with Gasteiger partial charge in [-0.1, -0.05) is 30.5 Å². The molecule has 1 aliphatic rings. The highest BCUT2D eigenvalue weighted by atomic mass is 16.2. The van der Waals surface area contributed by atoms with Crippen molar-refractivity contribution in [3.8, 4) is 0 Å². The van der Waals surface area contributed by atoms with Crippen LogP contribution in [0.2, 0.25) is 0 Å². The topological polar surface area (TPSA) is 61.4 Å². The zero-order valence-corrected chi connectivity index (χ0v) is 14.3. The average molecular weight is 317 g/mol. The zero-order chi connectivity index (χ0) is 16.8. The highest BCUT2D eigenvalue weighted by molar-refractivity contribution is 6.03. The second-order valence-corrected chi connectivity index (χ2v) is 6.39. The lowest BCUT2D eigenvalue weighted by Crippen LogP contribution is -2.48. The Hall–Kier alpha value is -1.88. The summed E-state index contributed by atoms with van der Waals surface area (Å²) >= 11 is 0. The van der Waals surface area contributed by atoms with Crippen molar-refractivity contribution < 1.29 is 9.59 Å². The van der Waals surface area contributed by atoms with Crippen molar-refractivity contribution in [1.29, 1.82) is 0 Å². The highest BCUT2D eigenvalue weighted by Crippen LogP contribution is 2.16. The Morgan fingerprint density at radius 3 is 2.35 bits per heavy atom. The SMILES string of the molecule is Cc1ccc(NC(=O)NC(=O)[C@@H](C)N2CCCCCC2)c(C)c1. The molecular weight excluding hydrogens is 290 g/mol. The van der Waals surface area contributed by atoms with Gasteiger partial charge in [0.15, 0.2) is 0 Å². The van der Waals surface area contributed by atoms with Gasteiger partial charge in [0, 0.05) is 5.69 Å². The van der Waals surface area contributed by atoms with E-state index < -0.39 is 6.03 Å². The van der Waals surface area contributed by atoms with E-state index in [0.717, 1.165) is 42.7 Å². The Kier molecular flexibility index (Phi) is 6.16. The number of hydrogen-bond donors (Lipinski definition) is 2. The number of rotatable bonds is 3. The van der Waals surface area contributed by atoms with Gasteiger partial charge in [-0.3, -0.25) is 15.0 Å². The summed E-state index contributed by atoms with van der Waals surface area (Å²) in [7, 11) is 0. The summed E-state index contributed by atoms with van der Waals surface area (Å²) in [6, 6.07) is 5.04. The molecule has 1 fully saturated rings. The van der Waals surface area contributed by atoms with Gasteiger partial charge in [0.25, 0.3) is 0 Å². The molecular formula is C18H27N3O2. The van der Waals surface area contributed by atoms with Crippen LogP contribution >= 0.6 is 0 Å². The first-order chi connectivity index (χ1) is 11.0. The fourth-order valence-electron chi connectivity index (χ4n) is 2.97. The number of nitrogens with one attached hydrogen (secondary N) is 2. The van der Waals surface area contributed by atoms with Gasteiger partial charge in [-0.25, -0.2) is 4.79 Å². The first-order valence-corrected chi connectivity index (χ1v) is 8.40. The standard InChI is InChI=1S/C18H27N3O2/c1-13-8-9-16(14(2)12-13)19-18(23)20-17(22)15(3)21-10-6-4-5-7-11-21/h8-9,12,15H,4-7,10-11H2,1-3H3,(H2,19,20,22,23)/t15-/m1/s1. The van der Waals surface area contributed by atoms with Crippen molar-refractivity contribution in [3.63, 3.8) is 0 Å². The second-order valence-electron chi connectivity index (χ2n) is 6.39. The number of urea groups is 1. The van der Waals surface area contributed by atoms with Crippen LogP contribution in [0.3, 0.4) is 0 Å². The number of aryl methyl sites for hydroxylation is 2. The van der Waals surface area contributed by atoms with Crippen LogP contribution in [-0.4, -0.2) is 36.0 Å². The van der Waals surface area contributed by atoms with Crippen LogP contribution in [0.1, 0.15) is 43.7 Å². The molecule has 126 valence electrons. The van der Waals surface area contributed by atoms with Gasteiger partial charge in [0.1, 0.15) is 0 Å². The first kappa shape index (κ1) is 17.5. The van der Waals surface area contributed by atoms with Gasteiger partial charge in [0.05, 0.1) is 6.04 Å². The molecule has 1 saturated heterocycles. The molecule has 0 aliphatic carbocycles. The van der Waals surface area contributed by atoms with E-state index in [4.69, 9.17) is 0 Å². The molecule has 0 saturated carbocycles. The molecule has 5 nitrogen and oxygen atoms in total. The fraction of sp³-hybridized carbons (Fsp3) is 0.556. The second kappa shape index (κ2) is 8.11. The molecule has 23 heavy (non-hydrogen) atoms. The Balaban J connectivity index is 1.89. The minimum atomic E-state index is -0.469. The first-order valence-electron chi connectivity index (χ1n) is 8.40. The number of likely N-dealkylation sites (tertiary alicyclic amines) is 1. The van der Waals surface area contributed by atoms with E-state index in [1.54, 1.807) is 0 Å². The van der Waals surface area contributed by atoms with Crippen molar-refractivity contribution in [2.45, 2.75) is 52.5 Å². The Bertz CT molecular complexity index is 563. The Morgan fingerprint density at radius 1 is 1.09 bits per heavy atom. The lowest BCUT2D eigenvalue weighted by molar-refractivity contribution is -0.124. The van der Waals surface area contributed by atoms with Crippen molar-refractivity contribution >= 4 is 17.6 Å². The van der Waals surface area contributed by atoms with E-state index in [0.29, 0.717) is 0 Å². The van der Waals surface area contributed by atoms with Crippen molar-refractivity contribution in [2.75, 3.05) is 18.4 Å². The van der Waals surface area contributed by atoms with Crippen LogP contribution in [0.5, 0.6) is 0 Å². The predicted molar refractivity (Wildman–Crippen MR) is 92.6 cm³/mol. The lowest BCUT2D eigenvalue weighted by Gasteiger charge is -2.26. The van der Waals surface area contributed by atoms with Gasteiger partial charge in [-0.2, -0.15) is 0 Å². The van der Waals surface area contributed by atoms with Gasteiger partial charge < -0.3 is 5.32 Å². The predicted octanol–water partition coefficient (Wildman–Crippen LogP) is 3.22. The summed E-state index contributed by atoms with van der Waals surface area (Å²) in [4.78, 5) is 26.5. The molecule has 0 radical (unpaired) electrons. The maximum atomic E-state index is 12.3. The van der Waals surface area contributed by atoms with E-state index in [1.807, 2.05) is 39.0 Å². The summed E-state index contributed by atoms with van der Waals surface area (Å²) in [5, 5.41) is 5.21. The summed E-state index contributed by atoms with van der Waals surface area (Å²) in [6.45, 7) is 7.65. The lowest BCUT2D eigenvalue weighted by atomic mass is 10.1. The maximum absolute atomic E-state index is 12.3. The molecule has 3 amide bonds. The van der Waals surface area contributed by atoms with E-state index in [1.165, 1.54) is 12.8 Å². The molecule has 0 bridgehead atoms. The third-order valence-corrected chi connectivity index (χ3v) is 4.43. The van der Waals surface area contributed by atoms with E-state index in [2.05, 4.69) is 15.5 Å². The van der Waals surface area contributed by atoms with Gasteiger partial charge >= 0.3 is 6.03 Å². The largest absolute Gasteiger partial charge is 0.325 e. The van der Waals surface area contributed by atoms with Gasteiger partial charge in [-0.15, -0.1) is 0 Å². The number of amides is 3. The van der Waals surface area contributed by atoms with Gasteiger partial charge in [0.2, 0.25) is 5.91 Å². The number of nitrogens with zero attached hydrogens (tertiary/aromatic N) is 1. The van der Waals surface area contributed by atoms with Crippen molar-refractivity contribution in [3.05, 3.63) is 29.3 Å². The Labute approximate surface area is 138 Å². The number of imide groups is 1. The number of carbonyl (C=O) groups is 2. The molecule has 0 unspecified atom stereocenters.